The van der Waals surface area contributed by atoms with Crippen molar-refractivity contribution in [1.82, 2.24) is 10.2 Å². The number of hydrogen-bond donors (Lipinski definition) is 1. The summed E-state index contributed by atoms with van der Waals surface area (Å²) in [5, 5.41) is 3.45. The molecule has 1 aromatic carbocycles. The van der Waals surface area contributed by atoms with Crippen LogP contribution >= 0.6 is 23.4 Å². The molecule has 2 rings (SSSR count). The molecule has 1 aromatic rings. The molecule has 2 amide bonds. The largest absolute Gasteiger partial charge is 0.368 e. The van der Waals surface area contributed by atoms with Crippen molar-refractivity contribution in [3.05, 3.63) is 29.3 Å². The summed E-state index contributed by atoms with van der Waals surface area (Å²) < 4.78 is 0. The van der Waals surface area contributed by atoms with Crippen LogP contribution in [0.15, 0.2) is 24.3 Å². The van der Waals surface area contributed by atoms with E-state index in [4.69, 9.17) is 11.6 Å². The van der Waals surface area contributed by atoms with E-state index in [1.165, 1.54) is 0 Å². The average molecular weight is 398 g/mol. The van der Waals surface area contributed by atoms with Gasteiger partial charge in [-0.1, -0.05) is 31.5 Å². The lowest BCUT2D eigenvalue weighted by Crippen LogP contribution is -2.51. The van der Waals surface area contributed by atoms with Crippen molar-refractivity contribution in [2.24, 2.45) is 5.92 Å². The molecular formula is C19H28ClN3O2S. The van der Waals surface area contributed by atoms with Gasteiger partial charge >= 0.3 is 0 Å². The Morgan fingerprint density at radius 1 is 1.23 bits per heavy atom. The highest BCUT2D eigenvalue weighted by Gasteiger charge is 2.21. The molecular weight excluding hydrogens is 370 g/mol. The summed E-state index contributed by atoms with van der Waals surface area (Å²) in [5.41, 5.74) is 1.08. The van der Waals surface area contributed by atoms with Crippen molar-refractivity contribution in [2.75, 3.05) is 49.1 Å². The zero-order valence-corrected chi connectivity index (χ0v) is 17.1. The first-order valence-corrected chi connectivity index (χ1v) is 10.6. The summed E-state index contributed by atoms with van der Waals surface area (Å²) in [6, 6.07) is 7.76. The van der Waals surface area contributed by atoms with E-state index in [1.54, 1.807) is 11.8 Å². The fourth-order valence-corrected chi connectivity index (χ4v) is 3.96. The van der Waals surface area contributed by atoms with Gasteiger partial charge in [0.25, 0.3) is 0 Å². The Kier molecular flexibility index (Phi) is 8.59. The molecule has 5 nitrogen and oxygen atoms in total. The summed E-state index contributed by atoms with van der Waals surface area (Å²) in [6.07, 6.45) is 1.10. The number of nitrogens with zero attached hydrogens (tertiary/aromatic N) is 2. The summed E-state index contributed by atoms with van der Waals surface area (Å²) in [7, 11) is 0. The summed E-state index contributed by atoms with van der Waals surface area (Å²) in [4.78, 5) is 28.1. The fraction of sp³-hybridized carbons (Fsp3) is 0.579. The van der Waals surface area contributed by atoms with Crippen molar-refractivity contribution in [3.63, 3.8) is 0 Å². The van der Waals surface area contributed by atoms with Crippen molar-refractivity contribution in [1.29, 1.82) is 0 Å². The third-order valence-corrected chi connectivity index (χ3v) is 5.54. The molecule has 0 unspecified atom stereocenters. The molecule has 1 heterocycles. The monoisotopic (exact) mass is 397 g/mol. The molecule has 1 N–H and O–H groups in total. The molecule has 0 atom stereocenters. The van der Waals surface area contributed by atoms with Crippen LogP contribution in [0.5, 0.6) is 0 Å². The summed E-state index contributed by atoms with van der Waals surface area (Å²) in [5.74, 6) is 1.96. The lowest BCUT2D eigenvalue weighted by molar-refractivity contribution is -0.132. The maximum absolute atomic E-state index is 12.3. The van der Waals surface area contributed by atoms with E-state index in [0.29, 0.717) is 24.8 Å². The van der Waals surface area contributed by atoms with E-state index in [2.05, 4.69) is 24.1 Å². The molecule has 1 aliphatic rings. The number of piperazine rings is 1. The molecule has 0 radical (unpaired) electrons. The van der Waals surface area contributed by atoms with Gasteiger partial charge in [-0.15, -0.1) is 0 Å². The van der Waals surface area contributed by atoms with Crippen LogP contribution in [-0.2, 0) is 9.59 Å². The Morgan fingerprint density at radius 3 is 2.62 bits per heavy atom. The van der Waals surface area contributed by atoms with Crippen molar-refractivity contribution >= 4 is 40.9 Å². The van der Waals surface area contributed by atoms with Crippen LogP contribution < -0.4 is 10.2 Å². The second kappa shape index (κ2) is 10.7. The lowest BCUT2D eigenvalue weighted by Gasteiger charge is -2.36. The molecule has 7 heteroatoms. The second-order valence-electron chi connectivity index (χ2n) is 6.86. The first-order chi connectivity index (χ1) is 12.5. The van der Waals surface area contributed by atoms with Crippen molar-refractivity contribution < 1.29 is 9.59 Å². The quantitative estimate of drug-likeness (QED) is 0.685. The van der Waals surface area contributed by atoms with Crippen LogP contribution in [0.4, 0.5) is 5.69 Å². The Labute approximate surface area is 165 Å². The van der Waals surface area contributed by atoms with Crippen LogP contribution in [-0.4, -0.2) is 60.9 Å². The number of benzene rings is 1. The standard InChI is InChI=1S/C19H28ClN3O2S/c1-15(2)6-11-26-14-18(24)21-13-19(25)23-9-7-22(8-10-23)17-5-3-4-16(20)12-17/h3-5,12,15H,6-11,13-14H2,1-2H3,(H,21,24). The van der Waals surface area contributed by atoms with E-state index in [-0.39, 0.29) is 18.4 Å². The van der Waals surface area contributed by atoms with E-state index in [0.717, 1.165) is 36.0 Å². The Morgan fingerprint density at radius 2 is 1.96 bits per heavy atom. The van der Waals surface area contributed by atoms with Crippen LogP contribution in [0.2, 0.25) is 5.02 Å². The summed E-state index contributed by atoms with van der Waals surface area (Å²) in [6.45, 7) is 7.28. The Balaban J connectivity index is 1.66. The molecule has 1 fully saturated rings. The van der Waals surface area contributed by atoms with Crippen LogP contribution in [0.25, 0.3) is 0 Å². The van der Waals surface area contributed by atoms with Gasteiger partial charge in [-0.25, -0.2) is 0 Å². The van der Waals surface area contributed by atoms with Gasteiger partial charge in [0.15, 0.2) is 0 Å². The van der Waals surface area contributed by atoms with E-state index in [1.807, 2.05) is 29.2 Å². The van der Waals surface area contributed by atoms with Gasteiger partial charge in [0.1, 0.15) is 0 Å². The highest BCUT2D eigenvalue weighted by molar-refractivity contribution is 7.99. The smallest absolute Gasteiger partial charge is 0.242 e. The third-order valence-electron chi connectivity index (χ3n) is 4.32. The average Bonchev–Trinajstić information content (AvgIpc) is 2.63. The number of anilines is 1. The Hall–Kier alpha value is -1.40. The molecule has 0 bridgehead atoms. The zero-order valence-electron chi connectivity index (χ0n) is 15.5. The number of nitrogens with one attached hydrogen (secondary N) is 1. The normalized spacial score (nSPS) is 14.6. The van der Waals surface area contributed by atoms with Crippen molar-refractivity contribution in [2.45, 2.75) is 20.3 Å². The minimum atomic E-state index is -0.0651. The molecule has 26 heavy (non-hydrogen) atoms. The molecule has 0 aromatic heterocycles. The maximum atomic E-state index is 12.3. The van der Waals surface area contributed by atoms with Gasteiger partial charge in [-0.3, -0.25) is 9.59 Å². The molecule has 144 valence electrons. The Bertz CT molecular complexity index is 604. The van der Waals surface area contributed by atoms with Gasteiger partial charge in [0.05, 0.1) is 12.3 Å². The van der Waals surface area contributed by atoms with Crippen molar-refractivity contribution in [3.8, 4) is 0 Å². The minimum absolute atomic E-state index is 0.0173. The number of rotatable bonds is 8. The highest BCUT2D eigenvalue weighted by Crippen LogP contribution is 2.20. The molecule has 0 saturated carbocycles. The number of carbonyl (C=O) groups excluding carboxylic acids is 2. The molecule has 0 spiro atoms. The van der Waals surface area contributed by atoms with Gasteiger partial charge in [0, 0.05) is 36.9 Å². The van der Waals surface area contributed by atoms with Gasteiger partial charge in [-0.05, 0) is 36.3 Å². The number of carbonyl (C=O) groups is 2. The van der Waals surface area contributed by atoms with Crippen LogP contribution in [0, 0.1) is 5.92 Å². The minimum Gasteiger partial charge on any atom is -0.368 e. The second-order valence-corrected chi connectivity index (χ2v) is 8.40. The number of hydrogen-bond acceptors (Lipinski definition) is 4. The maximum Gasteiger partial charge on any atom is 0.242 e. The number of thioether (sulfide) groups is 1. The first kappa shape index (κ1) is 20.9. The van der Waals surface area contributed by atoms with E-state index < -0.39 is 0 Å². The van der Waals surface area contributed by atoms with Gasteiger partial charge < -0.3 is 15.1 Å². The summed E-state index contributed by atoms with van der Waals surface area (Å²) >= 11 is 7.66. The zero-order chi connectivity index (χ0) is 18.9. The fourth-order valence-electron chi connectivity index (χ4n) is 2.71. The predicted molar refractivity (Wildman–Crippen MR) is 110 cm³/mol. The van der Waals surface area contributed by atoms with Crippen LogP contribution in [0.1, 0.15) is 20.3 Å². The number of amides is 2. The third kappa shape index (κ3) is 7.08. The molecule has 0 aliphatic carbocycles. The predicted octanol–water partition coefficient (Wildman–Crippen LogP) is 2.88. The van der Waals surface area contributed by atoms with E-state index >= 15 is 0 Å². The first-order valence-electron chi connectivity index (χ1n) is 9.08. The van der Waals surface area contributed by atoms with Crippen LogP contribution in [0.3, 0.4) is 0 Å². The SMILES string of the molecule is CC(C)CCSCC(=O)NCC(=O)N1CCN(c2cccc(Cl)c2)CC1. The van der Waals surface area contributed by atoms with E-state index in [9.17, 15) is 9.59 Å². The highest BCUT2D eigenvalue weighted by atomic mass is 35.5. The molecule has 1 saturated heterocycles. The lowest BCUT2D eigenvalue weighted by atomic mass is 10.2. The van der Waals surface area contributed by atoms with Gasteiger partial charge in [-0.2, -0.15) is 11.8 Å². The number of halogens is 1. The molecule has 1 aliphatic heterocycles. The topological polar surface area (TPSA) is 52.7 Å². The van der Waals surface area contributed by atoms with Gasteiger partial charge in [0.2, 0.25) is 11.8 Å².